The second kappa shape index (κ2) is 13.2. The second-order valence-electron chi connectivity index (χ2n) is 14.6. The van der Waals surface area contributed by atoms with E-state index >= 15 is 0 Å². The maximum atomic E-state index is 6.32. The Morgan fingerprint density at radius 1 is 0.268 bits per heavy atom. The molecule has 2 nitrogen and oxygen atoms in total. The highest BCUT2D eigenvalue weighted by Crippen LogP contribution is 2.40. The quantitative estimate of drug-likeness (QED) is 0.160. The summed E-state index contributed by atoms with van der Waals surface area (Å²) in [5.41, 5.74) is 9.89. The molecule has 0 aliphatic rings. The Labute approximate surface area is 325 Å². The van der Waals surface area contributed by atoms with Gasteiger partial charge in [-0.1, -0.05) is 152 Å². The lowest BCUT2D eigenvalue weighted by molar-refractivity contribution is 0.631. The minimum absolute atomic E-state index is 0.854. The van der Waals surface area contributed by atoms with Gasteiger partial charge in [0.05, 0.1) is 0 Å². The van der Waals surface area contributed by atoms with Crippen molar-refractivity contribution in [3.8, 4) is 33.6 Å². The van der Waals surface area contributed by atoms with Crippen molar-refractivity contribution < 1.29 is 4.42 Å². The van der Waals surface area contributed by atoms with E-state index in [2.05, 4.69) is 199 Å². The van der Waals surface area contributed by atoms with E-state index < -0.39 is 0 Å². The van der Waals surface area contributed by atoms with Gasteiger partial charge in [-0.15, -0.1) is 0 Å². The number of hydrogen-bond donors (Lipinski definition) is 0. The first-order valence-corrected chi connectivity index (χ1v) is 19.2. The van der Waals surface area contributed by atoms with Crippen molar-refractivity contribution in [1.82, 2.24) is 0 Å². The van der Waals surface area contributed by atoms with Crippen LogP contribution in [0.15, 0.2) is 217 Å². The van der Waals surface area contributed by atoms with Crippen LogP contribution < -0.4 is 4.90 Å². The molecule has 11 rings (SSSR count). The van der Waals surface area contributed by atoms with E-state index in [4.69, 9.17) is 4.42 Å². The van der Waals surface area contributed by atoms with Crippen molar-refractivity contribution in [1.29, 1.82) is 0 Å². The molecule has 0 N–H and O–H groups in total. The summed E-state index contributed by atoms with van der Waals surface area (Å²) in [5.74, 6) is 0.854. The Balaban J connectivity index is 0.979. The van der Waals surface area contributed by atoms with E-state index in [0.717, 1.165) is 39.4 Å². The molecule has 11 aromatic rings. The first-order valence-electron chi connectivity index (χ1n) is 19.2. The number of rotatable bonds is 6. The average molecular weight is 714 g/mol. The van der Waals surface area contributed by atoms with Gasteiger partial charge in [-0.3, -0.25) is 0 Å². The molecule has 0 spiro atoms. The van der Waals surface area contributed by atoms with Gasteiger partial charge < -0.3 is 9.32 Å². The van der Waals surface area contributed by atoms with Gasteiger partial charge in [-0.25, -0.2) is 0 Å². The van der Waals surface area contributed by atoms with Crippen molar-refractivity contribution in [2.75, 3.05) is 4.90 Å². The lowest BCUT2D eigenvalue weighted by Crippen LogP contribution is -2.10. The van der Waals surface area contributed by atoms with Crippen molar-refractivity contribution in [3.63, 3.8) is 0 Å². The summed E-state index contributed by atoms with van der Waals surface area (Å²) in [7, 11) is 0. The molecule has 0 saturated heterocycles. The molecule has 0 bridgehead atoms. The van der Waals surface area contributed by atoms with E-state index in [0.29, 0.717) is 0 Å². The molecule has 0 fully saturated rings. The standard InChI is InChI=1S/C54H35NO/c1-4-13-49-38(8-1)16-18-42-32-40(24-30-51(42)49)36-20-26-46(27-21-36)55(48-12-7-11-44(34-48)54-35-45-10-3-6-15-53(45)56-54)47-28-22-37(23-29-47)41-25-31-52-43(33-41)19-17-39-9-2-5-14-50(39)52/h1-35H. The summed E-state index contributed by atoms with van der Waals surface area (Å²) in [6.45, 7) is 0. The molecule has 0 unspecified atom stereocenters. The SMILES string of the molecule is c1cc(-c2cc3ccccc3o2)cc(N(c2ccc(-c3ccc4c(ccc5ccccc54)c3)cc2)c2ccc(-c3ccc4c(ccc5ccccc54)c3)cc2)c1. The fourth-order valence-corrected chi connectivity index (χ4v) is 8.36. The lowest BCUT2D eigenvalue weighted by Gasteiger charge is -2.26. The molecular formula is C54H35NO. The number of anilines is 3. The Morgan fingerprint density at radius 3 is 1.32 bits per heavy atom. The van der Waals surface area contributed by atoms with Gasteiger partial charge in [-0.05, 0) is 126 Å². The first-order chi connectivity index (χ1) is 27.7. The highest BCUT2D eigenvalue weighted by atomic mass is 16.3. The van der Waals surface area contributed by atoms with Gasteiger partial charge in [0, 0.05) is 28.0 Å². The zero-order valence-corrected chi connectivity index (χ0v) is 30.6. The normalized spacial score (nSPS) is 11.6. The van der Waals surface area contributed by atoms with Crippen LogP contribution in [0.1, 0.15) is 0 Å². The molecular weight excluding hydrogens is 679 g/mol. The molecule has 0 aliphatic heterocycles. The zero-order valence-electron chi connectivity index (χ0n) is 30.6. The number of furan rings is 1. The molecule has 56 heavy (non-hydrogen) atoms. The molecule has 0 saturated carbocycles. The Bertz CT molecular complexity index is 3050. The van der Waals surface area contributed by atoms with Gasteiger partial charge in [0.1, 0.15) is 11.3 Å². The van der Waals surface area contributed by atoms with Crippen molar-refractivity contribution in [3.05, 3.63) is 212 Å². The van der Waals surface area contributed by atoms with Gasteiger partial charge >= 0.3 is 0 Å². The topological polar surface area (TPSA) is 16.4 Å². The van der Waals surface area contributed by atoms with E-state index in [-0.39, 0.29) is 0 Å². The van der Waals surface area contributed by atoms with E-state index in [1.54, 1.807) is 0 Å². The maximum Gasteiger partial charge on any atom is 0.135 e. The molecule has 0 radical (unpaired) electrons. The Kier molecular flexibility index (Phi) is 7.53. The number of nitrogens with zero attached hydrogens (tertiary/aromatic N) is 1. The highest BCUT2D eigenvalue weighted by molar-refractivity contribution is 6.09. The van der Waals surface area contributed by atoms with Crippen molar-refractivity contribution in [2.45, 2.75) is 0 Å². The predicted octanol–water partition coefficient (Wildman–Crippen LogP) is 15.5. The fourth-order valence-electron chi connectivity index (χ4n) is 8.36. The van der Waals surface area contributed by atoms with Gasteiger partial charge in [0.15, 0.2) is 0 Å². The summed E-state index contributed by atoms with van der Waals surface area (Å²) in [6, 6.07) is 76.5. The molecule has 1 heterocycles. The predicted molar refractivity (Wildman–Crippen MR) is 237 cm³/mol. The summed E-state index contributed by atoms with van der Waals surface area (Å²) in [6.07, 6.45) is 0. The third-order valence-corrected chi connectivity index (χ3v) is 11.2. The van der Waals surface area contributed by atoms with Crippen LogP contribution in [0.3, 0.4) is 0 Å². The first kappa shape index (κ1) is 32.0. The summed E-state index contributed by atoms with van der Waals surface area (Å²) in [5, 5.41) is 11.2. The lowest BCUT2D eigenvalue weighted by atomic mass is 9.97. The van der Waals surface area contributed by atoms with Crippen LogP contribution in [0.4, 0.5) is 17.1 Å². The van der Waals surface area contributed by atoms with Crippen LogP contribution in [-0.4, -0.2) is 0 Å². The molecule has 0 aliphatic carbocycles. The molecule has 10 aromatic carbocycles. The van der Waals surface area contributed by atoms with Crippen LogP contribution in [0.5, 0.6) is 0 Å². The molecule has 0 atom stereocenters. The number of para-hydroxylation sites is 1. The third kappa shape index (κ3) is 5.59. The van der Waals surface area contributed by atoms with Gasteiger partial charge in [0.25, 0.3) is 0 Å². The highest BCUT2D eigenvalue weighted by Gasteiger charge is 2.16. The summed E-state index contributed by atoms with van der Waals surface area (Å²) >= 11 is 0. The molecule has 1 aromatic heterocycles. The fraction of sp³-hybridized carbons (Fsp3) is 0. The number of fused-ring (bicyclic) bond motifs is 7. The average Bonchev–Trinajstić information content (AvgIpc) is 3.71. The summed E-state index contributed by atoms with van der Waals surface area (Å²) < 4.78 is 6.32. The number of benzene rings is 10. The van der Waals surface area contributed by atoms with Crippen LogP contribution in [0, 0.1) is 0 Å². The van der Waals surface area contributed by atoms with Crippen LogP contribution in [-0.2, 0) is 0 Å². The molecule has 2 heteroatoms. The minimum Gasteiger partial charge on any atom is -0.456 e. The van der Waals surface area contributed by atoms with Crippen molar-refractivity contribution in [2.24, 2.45) is 0 Å². The van der Waals surface area contributed by atoms with E-state index in [9.17, 15) is 0 Å². The third-order valence-electron chi connectivity index (χ3n) is 11.2. The van der Waals surface area contributed by atoms with Crippen molar-refractivity contribution >= 4 is 71.1 Å². The van der Waals surface area contributed by atoms with Gasteiger partial charge in [0.2, 0.25) is 0 Å². The monoisotopic (exact) mass is 713 g/mol. The summed E-state index contributed by atoms with van der Waals surface area (Å²) in [4.78, 5) is 2.33. The van der Waals surface area contributed by atoms with E-state index in [1.165, 1.54) is 65.3 Å². The van der Waals surface area contributed by atoms with E-state index in [1.807, 2.05) is 18.2 Å². The second-order valence-corrected chi connectivity index (χ2v) is 14.6. The molecule has 262 valence electrons. The minimum atomic E-state index is 0.854. The smallest absolute Gasteiger partial charge is 0.135 e. The van der Waals surface area contributed by atoms with Gasteiger partial charge in [-0.2, -0.15) is 0 Å². The van der Waals surface area contributed by atoms with Crippen LogP contribution in [0.2, 0.25) is 0 Å². The number of hydrogen-bond acceptors (Lipinski definition) is 2. The maximum absolute atomic E-state index is 6.32. The largest absolute Gasteiger partial charge is 0.456 e. The molecule has 0 amide bonds. The zero-order chi connectivity index (χ0) is 37.0. The van der Waals surface area contributed by atoms with Crippen LogP contribution in [0.25, 0.3) is 87.6 Å². The Hall–Kier alpha value is -7.42. The van der Waals surface area contributed by atoms with Crippen LogP contribution >= 0.6 is 0 Å². The Morgan fingerprint density at radius 2 is 0.750 bits per heavy atom.